The third-order valence-corrected chi connectivity index (χ3v) is 1.50. The quantitative estimate of drug-likeness (QED) is 0.578. The van der Waals surface area contributed by atoms with Crippen molar-refractivity contribution in [2.24, 2.45) is 10.7 Å². The number of nitrogens with zero attached hydrogens (tertiary/aromatic N) is 1. The van der Waals surface area contributed by atoms with Crippen LogP contribution in [0, 0.1) is 0 Å². The van der Waals surface area contributed by atoms with Gasteiger partial charge in [0.2, 0.25) is 0 Å². The summed E-state index contributed by atoms with van der Waals surface area (Å²) in [5, 5.41) is 5.32. The van der Waals surface area contributed by atoms with Gasteiger partial charge in [0.15, 0.2) is 5.11 Å². The molecule has 1 aromatic rings. The molecule has 0 aromatic heterocycles. The van der Waals surface area contributed by atoms with Crippen LogP contribution in [0.3, 0.4) is 0 Å². The Bertz CT molecular complexity index is 352. The molecule has 0 aliphatic rings. The van der Waals surface area contributed by atoms with Crippen molar-refractivity contribution in [2.75, 3.05) is 5.32 Å². The molecule has 0 atom stereocenters. The topological polar surface area (TPSA) is 50.4 Å². The molecule has 0 amide bonds. The number of rotatable bonds is 2. The number of nitrogens with two attached hydrogens (primary N) is 1. The Kier molecular flexibility index (Phi) is 3.52. The fourth-order valence-electron chi connectivity index (χ4n) is 0.814. The van der Waals surface area contributed by atoms with Gasteiger partial charge in [-0.15, -0.1) is 0 Å². The Morgan fingerprint density at radius 3 is 2.46 bits per heavy atom. The zero-order chi connectivity index (χ0) is 9.68. The van der Waals surface area contributed by atoms with Gasteiger partial charge in [0, 0.05) is 5.69 Å². The Morgan fingerprint density at radius 1 is 1.38 bits per heavy atom. The molecule has 3 N–H and O–H groups in total. The first-order chi connectivity index (χ1) is 6.22. The monoisotopic (exact) mass is 209 g/mol. The minimum Gasteiger partial charge on any atom is -0.376 e. The molecule has 66 valence electrons. The molecule has 0 aliphatic carbocycles. The van der Waals surface area contributed by atoms with Crippen LogP contribution in [0.15, 0.2) is 29.3 Å². The third kappa shape index (κ3) is 3.29. The van der Waals surface area contributed by atoms with E-state index in [0.29, 0.717) is 0 Å². The summed E-state index contributed by atoms with van der Waals surface area (Å²) < 4.78 is 0. The lowest BCUT2D eigenvalue weighted by atomic mass is 10.3. The van der Waals surface area contributed by atoms with Gasteiger partial charge in [0.25, 0.3) is 0 Å². The van der Waals surface area contributed by atoms with E-state index < -0.39 is 0 Å². The number of isothiocyanates is 1. The predicted octanol–water partition coefficient (Wildman–Crippen LogP) is 2.08. The first kappa shape index (κ1) is 9.80. The van der Waals surface area contributed by atoms with Gasteiger partial charge in [-0.05, 0) is 48.7 Å². The van der Waals surface area contributed by atoms with E-state index in [-0.39, 0.29) is 5.11 Å². The summed E-state index contributed by atoms with van der Waals surface area (Å²) in [4.78, 5) is 3.80. The number of hydrogen-bond acceptors (Lipinski definition) is 3. The maximum absolute atomic E-state index is 5.29. The third-order valence-electron chi connectivity index (χ3n) is 1.31. The number of benzene rings is 1. The summed E-state index contributed by atoms with van der Waals surface area (Å²) in [6.45, 7) is 0. The smallest absolute Gasteiger partial charge is 0.168 e. The van der Waals surface area contributed by atoms with Crippen LogP contribution in [0.1, 0.15) is 0 Å². The molecule has 0 aliphatic heterocycles. The zero-order valence-corrected chi connectivity index (χ0v) is 8.28. The van der Waals surface area contributed by atoms with Crippen LogP contribution in [0.25, 0.3) is 0 Å². The summed E-state index contributed by atoms with van der Waals surface area (Å²) in [6, 6.07) is 7.20. The van der Waals surface area contributed by atoms with Gasteiger partial charge in [0.1, 0.15) is 0 Å². The van der Waals surface area contributed by atoms with Gasteiger partial charge in [-0.3, -0.25) is 0 Å². The fourth-order valence-corrected chi connectivity index (χ4v) is 1.04. The van der Waals surface area contributed by atoms with E-state index in [1.165, 1.54) is 0 Å². The molecule has 5 heteroatoms. The molecule has 0 radical (unpaired) electrons. The van der Waals surface area contributed by atoms with Gasteiger partial charge < -0.3 is 11.1 Å². The average molecular weight is 209 g/mol. The molecule has 13 heavy (non-hydrogen) atoms. The van der Waals surface area contributed by atoms with E-state index in [1.54, 1.807) is 12.1 Å². The highest BCUT2D eigenvalue weighted by atomic mass is 32.1. The average Bonchev–Trinajstić information content (AvgIpc) is 2.08. The van der Waals surface area contributed by atoms with Crippen molar-refractivity contribution in [2.45, 2.75) is 0 Å². The summed E-state index contributed by atoms with van der Waals surface area (Å²) >= 11 is 9.14. The molecular weight excluding hydrogens is 202 g/mol. The molecule has 0 spiro atoms. The van der Waals surface area contributed by atoms with E-state index >= 15 is 0 Å². The molecule has 3 nitrogen and oxygen atoms in total. The Balaban J connectivity index is 2.80. The van der Waals surface area contributed by atoms with E-state index in [2.05, 4.69) is 39.9 Å². The molecule has 0 bridgehead atoms. The van der Waals surface area contributed by atoms with E-state index in [1.807, 2.05) is 12.1 Å². The van der Waals surface area contributed by atoms with Crippen LogP contribution < -0.4 is 11.1 Å². The van der Waals surface area contributed by atoms with Gasteiger partial charge >= 0.3 is 0 Å². The van der Waals surface area contributed by atoms with Crippen molar-refractivity contribution in [1.82, 2.24) is 0 Å². The molecule has 1 aromatic carbocycles. The van der Waals surface area contributed by atoms with Gasteiger partial charge in [-0.2, -0.15) is 4.99 Å². The van der Waals surface area contributed by atoms with Gasteiger partial charge in [-0.1, -0.05) is 0 Å². The SMILES string of the molecule is NC(=S)Nc1ccc(N=C=S)cc1. The molecule has 0 saturated carbocycles. The van der Waals surface area contributed by atoms with Crippen LogP contribution in [0.2, 0.25) is 0 Å². The summed E-state index contributed by atoms with van der Waals surface area (Å²) in [5.41, 5.74) is 6.87. The van der Waals surface area contributed by atoms with E-state index in [4.69, 9.17) is 5.73 Å². The van der Waals surface area contributed by atoms with Crippen molar-refractivity contribution >= 4 is 46.1 Å². The first-order valence-electron chi connectivity index (χ1n) is 3.47. The van der Waals surface area contributed by atoms with Crippen molar-refractivity contribution < 1.29 is 0 Å². The summed E-state index contributed by atoms with van der Waals surface area (Å²) in [5.74, 6) is 0. The maximum Gasteiger partial charge on any atom is 0.168 e. The molecule has 1 rings (SSSR count). The minimum atomic E-state index is 0.242. The second-order valence-corrected chi connectivity index (χ2v) is 2.86. The van der Waals surface area contributed by atoms with Crippen LogP contribution in [-0.2, 0) is 0 Å². The largest absolute Gasteiger partial charge is 0.376 e. The lowest BCUT2D eigenvalue weighted by Crippen LogP contribution is -2.18. The highest BCUT2D eigenvalue weighted by molar-refractivity contribution is 7.80. The molecule has 0 unspecified atom stereocenters. The Labute approximate surface area is 86.7 Å². The van der Waals surface area contributed by atoms with Crippen LogP contribution >= 0.6 is 24.4 Å². The molecule has 0 fully saturated rings. The van der Waals surface area contributed by atoms with E-state index in [0.717, 1.165) is 11.4 Å². The lowest BCUT2D eigenvalue weighted by Gasteiger charge is -2.02. The van der Waals surface area contributed by atoms with Crippen molar-refractivity contribution in [3.63, 3.8) is 0 Å². The van der Waals surface area contributed by atoms with Gasteiger partial charge in [-0.25, -0.2) is 0 Å². The second-order valence-electron chi connectivity index (χ2n) is 2.24. The molecule has 0 saturated heterocycles. The first-order valence-corrected chi connectivity index (χ1v) is 4.28. The fraction of sp³-hybridized carbons (Fsp3) is 0. The number of aliphatic imine (C=N–C) groups is 1. The highest BCUT2D eigenvalue weighted by Gasteiger charge is 1.92. The number of thiocarbonyl (C=S) groups is 2. The maximum atomic E-state index is 5.29. The van der Waals surface area contributed by atoms with Crippen molar-refractivity contribution in [1.29, 1.82) is 0 Å². The standard InChI is InChI=1S/C8H7N3S2/c9-8(13)11-7-3-1-6(2-4-7)10-5-12/h1-4H,(H3,9,11,13). The van der Waals surface area contributed by atoms with Gasteiger partial charge in [0.05, 0.1) is 10.8 Å². The predicted molar refractivity (Wildman–Crippen MR) is 61.5 cm³/mol. The molecular formula is C8H7N3S2. The minimum absolute atomic E-state index is 0.242. The Morgan fingerprint density at radius 2 is 2.00 bits per heavy atom. The number of anilines is 1. The normalized spacial score (nSPS) is 8.62. The van der Waals surface area contributed by atoms with E-state index in [9.17, 15) is 0 Å². The highest BCUT2D eigenvalue weighted by Crippen LogP contribution is 2.15. The van der Waals surface area contributed by atoms with Crippen molar-refractivity contribution in [3.05, 3.63) is 24.3 Å². The van der Waals surface area contributed by atoms with Crippen LogP contribution in [0.4, 0.5) is 11.4 Å². The zero-order valence-electron chi connectivity index (χ0n) is 6.65. The second kappa shape index (κ2) is 4.67. The lowest BCUT2D eigenvalue weighted by molar-refractivity contribution is 1.53. The number of nitrogens with one attached hydrogen (secondary N) is 1. The van der Waals surface area contributed by atoms with Crippen LogP contribution in [-0.4, -0.2) is 10.3 Å². The Hall–Kier alpha value is -1.29. The number of hydrogen-bond donors (Lipinski definition) is 2. The molecule has 0 heterocycles. The summed E-state index contributed by atoms with van der Waals surface area (Å²) in [7, 11) is 0. The van der Waals surface area contributed by atoms with Crippen LogP contribution in [0.5, 0.6) is 0 Å². The van der Waals surface area contributed by atoms with Crippen molar-refractivity contribution in [3.8, 4) is 0 Å². The summed E-state index contributed by atoms with van der Waals surface area (Å²) in [6.07, 6.45) is 0.